The Morgan fingerprint density at radius 3 is 2.00 bits per heavy atom. The van der Waals surface area contributed by atoms with Crippen LogP contribution in [-0.4, -0.2) is 28.1 Å². The van der Waals surface area contributed by atoms with Gasteiger partial charge in [0.1, 0.15) is 6.79 Å². The predicted molar refractivity (Wildman–Crippen MR) is 96.6 cm³/mol. The van der Waals surface area contributed by atoms with E-state index in [1.807, 2.05) is 6.92 Å². The Labute approximate surface area is 135 Å². The van der Waals surface area contributed by atoms with Crippen LogP contribution in [0, 0.1) is 11.3 Å². The second-order valence-corrected chi connectivity index (χ2v) is 12.6. The molecule has 3 heteroatoms. The van der Waals surface area contributed by atoms with Crippen molar-refractivity contribution >= 4 is 8.07 Å². The zero-order chi connectivity index (χ0) is 16.4. The highest BCUT2D eigenvalue weighted by molar-refractivity contribution is 6.77. The van der Waals surface area contributed by atoms with Gasteiger partial charge in [-0.25, -0.2) is 0 Å². The molecule has 0 aliphatic rings. The van der Waals surface area contributed by atoms with E-state index in [0.29, 0.717) is 12.2 Å². The van der Waals surface area contributed by atoms with Gasteiger partial charge in [-0.15, -0.1) is 0 Å². The minimum Gasteiger partial charge on any atom is -0.356 e. The largest absolute Gasteiger partial charge is 0.356 e. The van der Waals surface area contributed by atoms with Crippen molar-refractivity contribution in [2.24, 2.45) is 11.3 Å². The molecular formula is C18H40O2Si. The van der Waals surface area contributed by atoms with Gasteiger partial charge in [-0.05, 0) is 24.7 Å². The zero-order valence-corrected chi connectivity index (χ0v) is 16.8. The van der Waals surface area contributed by atoms with Crippen LogP contribution in [0.3, 0.4) is 0 Å². The van der Waals surface area contributed by atoms with Crippen molar-refractivity contribution in [1.82, 2.24) is 0 Å². The van der Waals surface area contributed by atoms with E-state index in [4.69, 9.17) is 9.47 Å². The van der Waals surface area contributed by atoms with E-state index >= 15 is 0 Å². The van der Waals surface area contributed by atoms with E-state index in [1.165, 1.54) is 37.8 Å². The third kappa shape index (κ3) is 7.29. The van der Waals surface area contributed by atoms with Gasteiger partial charge in [0.2, 0.25) is 0 Å². The van der Waals surface area contributed by atoms with Gasteiger partial charge in [-0.2, -0.15) is 0 Å². The third-order valence-electron chi connectivity index (χ3n) is 5.54. The zero-order valence-electron chi connectivity index (χ0n) is 15.8. The number of rotatable bonds is 13. The van der Waals surface area contributed by atoms with E-state index in [2.05, 4.69) is 40.8 Å². The highest BCUT2D eigenvalue weighted by Gasteiger charge is 2.39. The van der Waals surface area contributed by atoms with Crippen LogP contribution in [0.5, 0.6) is 0 Å². The van der Waals surface area contributed by atoms with Crippen molar-refractivity contribution in [2.75, 3.05) is 20.0 Å². The van der Waals surface area contributed by atoms with Crippen molar-refractivity contribution in [3.63, 3.8) is 0 Å². The molecule has 0 spiro atoms. The van der Waals surface area contributed by atoms with Crippen molar-refractivity contribution < 1.29 is 9.47 Å². The van der Waals surface area contributed by atoms with Gasteiger partial charge in [-0.1, -0.05) is 72.1 Å². The molecule has 21 heavy (non-hydrogen) atoms. The van der Waals surface area contributed by atoms with E-state index < -0.39 is 8.07 Å². The number of hydrogen-bond acceptors (Lipinski definition) is 2. The average molecular weight is 317 g/mol. The first-order chi connectivity index (χ1) is 9.91. The molecule has 0 fully saturated rings. The summed E-state index contributed by atoms with van der Waals surface area (Å²) < 4.78 is 10.9. The van der Waals surface area contributed by atoms with Crippen LogP contribution >= 0.6 is 0 Å². The second-order valence-electron chi connectivity index (χ2n) is 7.18. The molecule has 0 saturated heterocycles. The minimum atomic E-state index is -1.06. The summed E-state index contributed by atoms with van der Waals surface area (Å²) in [6.45, 7) is 18.7. The molecule has 0 heterocycles. The second kappa shape index (κ2) is 10.8. The molecule has 0 aliphatic heterocycles. The molecule has 1 atom stereocenters. The first-order valence-electron chi connectivity index (χ1n) is 9.06. The quantitative estimate of drug-likeness (QED) is 0.237. The summed E-state index contributed by atoms with van der Waals surface area (Å²) in [6, 6.07) is 2.86. The fourth-order valence-corrected chi connectivity index (χ4v) is 6.61. The first-order valence-corrected chi connectivity index (χ1v) is 12.5. The van der Waals surface area contributed by atoms with E-state index in [9.17, 15) is 0 Å². The van der Waals surface area contributed by atoms with Gasteiger partial charge in [-0.3, -0.25) is 0 Å². The maximum absolute atomic E-state index is 5.64. The molecule has 0 aromatic carbocycles. The molecule has 0 aromatic rings. The van der Waals surface area contributed by atoms with E-state index in [0.717, 1.165) is 19.1 Å². The van der Waals surface area contributed by atoms with Crippen LogP contribution in [0.1, 0.15) is 60.3 Å². The Bertz CT molecular complexity index is 250. The van der Waals surface area contributed by atoms with Gasteiger partial charge in [0.05, 0.1) is 0 Å². The SMILES string of the molecule is CCOCOCCC(CC)C(CC)(CC)C[Si](C)(C)CC. The van der Waals surface area contributed by atoms with Crippen molar-refractivity contribution in [3.8, 4) is 0 Å². The Morgan fingerprint density at radius 1 is 0.952 bits per heavy atom. The van der Waals surface area contributed by atoms with Gasteiger partial charge in [0, 0.05) is 21.3 Å². The highest BCUT2D eigenvalue weighted by atomic mass is 28.3. The Kier molecular flexibility index (Phi) is 10.9. The molecule has 0 bridgehead atoms. The van der Waals surface area contributed by atoms with Gasteiger partial charge in [0.25, 0.3) is 0 Å². The molecule has 128 valence electrons. The molecule has 0 rings (SSSR count). The topological polar surface area (TPSA) is 18.5 Å². The van der Waals surface area contributed by atoms with Crippen LogP contribution in [0.15, 0.2) is 0 Å². The van der Waals surface area contributed by atoms with E-state index in [-0.39, 0.29) is 0 Å². The standard InChI is InChI=1S/C18H40O2Si/c1-8-17(13-14-20-16-19-11-4)18(9-2,10-3)15-21(6,7)12-5/h17H,8-16H2,1-7H3. The lowest BCUT2D eigenvalue weighted by Crippen LogP contribution is -2.39. The summed E-state index contributed by atoms with van der Waals surface area (Å²) in [5.74, 6) is 0.785. The first kappa shape index (κ1) is 21.1. The summed E-state index contributed by atoms with van der Waals surface area (Å²) in [5.41, 5.74) is 0.523. The average Bonchev–Trinajstić information content (AvgIpc) is 2.49. The summed E-state index contributed by atoms with van der Waals surface area (Å²) in [6.07, 6.45) is 5.07. The lowest BCUT2D eigenvalue weighted by Gasteiger charge is -2.44. The normalized spacial score (nSPS) is 14.4. The fraction of sp³-hybridized carbons (Fsp3) is 1.00. The Hall–Kier alpha value is 0.137. The minimum absolute atomic E-state index is 0.452. The maximum atomic E-state index is 5.64. The summed E-state index contributed by atoms with van der Waals surface area (Å²) >= 11 is 0. The Morgan fingerprint density at radius 2 is 1.57 bits per heavy atom. The van der Waals surface area contributed by atoms with Crippen molar-refractivity contribution in [2.45, 2.75) is 85.5 Å². The Balaban J connectivity index is 4.70. The number of ether oxygens (including phenoxy) is 2. The van der Waals surface area contributed by atoms with E-state index in [1.54, 1.807) is 0 Å². The van der Waals surface area contributed by atoms with Crippen LogP contribution in [-0.2, 0) is 9.47 Å². The number of hydrogen-bond donors (Lipinski definition) is 0. The predicted octanol–water partition coefficient (Wildman–Crippen LogP) is 5.95. The summed E-state index contributed by atoms with van der Waals surface area (Å²) in [5, 5.41) is 0. The van der Waals surface area contributed by atoms with Crippen molar-refractivity contribution in [3.05, 3.63) is 0 Å². The van der Waals surface area contributed by atoms with Gasteiger partial charge < -0.3 is 9.47 Å². The summed E-state index contributed by atoms with van der Waals surface area (Å²) in [4.78, 5) is 0. The van der Waals surface area contributed by atoms with Gasteiger partial charge in [0.15, 0.2) is 0 Å². The molecular weight excluding hydrogens is 276 g/mol. The van der Waals surface area contributed by atoms with Crippen LogP contribution in [0.2, 0.25) is 25.2 Å². The van der Waals surface area contributed by atoms with Crippen molar-refractivity contribution in [1.29, 1.82) is 0 Å². The lowest BCUT2D eigenvalue weighted by molar-refractivity contribution is -0.0571. The van der Waals surface area contributed by atoms with Crippen LogP contribution < -0.4 is 0 Å². The smallest absolute Gasteiger partial charge is 0.146 e. The molecule has 0 aliphatic carbocycles. The lowest BCUT2D eigenvalue weighted by atomic mass is 9.70. The van der Waals surface area contributed by atoms with Crippen LogP contribution in [0.25, 0.3) is 0 Å². The fourth-order valence-electron chi connectivity index (χ4n) is 3.67. The third-order valence-corrected chi connectivity index (χ3v) is 9.11. The molecule has 0 amide bonds. The highest BCUT2D eigenvalue weighted by Crippen LogP contribution is 2.46. The molecule has 0 N–H and O–H groups in total. The molecule has 2 nitrogen and oxygen atoms in total. The monoisotopic (exact) mass is 316 g/mol. The van der Waals surface area contributed by atoms with Gasteiger partial charge >= 0.3 is 0 Å². The van der Waals surface area contributed by atoms with Crippen LogP contribution in [0.4, 0.5) is 0 Å². The maximum Gasteiger partial charge on any atom is 0.146 e. The molecule has 1 unspecified atom stereocenters. The molecule has 0 radical (unpaired) electrons. The summed E-state index contributed by atoms with van der Waals surface area (Å²) in [7, 11) is -1.06. The molecule has 0 aromatic heterocycles. The molecule has 0 saturated carbocycles.